The summed E-state index contributed by atoms with van der Waals surface area (Å²) in [6, 6.07) is 1.79. The Morgan fingerprint density at radius 1 is 1.13 bits per heavy atom. The molecule has 2 N–H and O–H groups in total. The Kier molecular flexibility index (Phi) is 9.33. The number of unbranched alkanes of at least 4 members (excludes halogenated alkanes) is 10. The van der Waals surface area contributed by atoms with E-state index in [2.05, 4.69) is 11.9 Å². The number of aliphatic hydroxyl groups excluding tert-OH is 1. The fourth-order valence-corrected chi connectivity index (χ4v) is 4.20. The zero-order valence-corrected chi connectivity index (χ0v) is 18.6. The van der Waals surface area contributed by atoms with Crippen LogP contribution < -0.4 is 10.2 Å². The number of aromatic nitrogens is 2. The second kappa shape index (κ2) is 12.2. The Morgan fingerprint density at radius 3 is 2.45 bits per heavy atom. The highest BCUT2D eigenvalue weighted by Crippen LogP contribution is 2.38. The first-order chi connectivity index (χ1) is 15.1. The first-order valence-corrected chi connectivity index (χ1v) is 11.9. The molecule has 0 spiro atoms. The zero-order valence-electron chi connectivity index (χ0n) is 18.6. The van der Waals surface area contributed by atoms with Crippen LogP contribution in [0.1, 0.15) is 90.2 Å². The molecule has 0 radical (unpaired) electrons. The van der Waals surface area contributed by atoms with Crippen LogP contribution in [-0.4, -0.2) is 45.5 Å². The molecule has 2 aliphatic heterocycles. The predicted octanol–water partition coefficient (Wildman–Crippen LogP) is 3.63. The van der Waals surface area contributed by atoms with Crippen LogP contribution in [0.4, 0.5) is 0 Å². The van der Waals surface area contributed by atoms with Gasteiger partial charge in [-0.05, 0) is 12.5 Å². The summed E-state index contributed by atoms with van der Waals surface area (Å²) < 4.78 is 18.4. The summed E-state index contributed by atoms with van der Waals surface area (Å²) in [5.74, 6) is -0.252. The lowest BCUT2D eigenvalue weighted by Gasteiger charge is -2.17. The van der Waals surface area contributed by atoms with Crippen molar-refractivity contribution in [2.75, 3.05) is 6.61 Å². The molecule has 8 nitrogen and oxygen atoms in total. The van der Waals surface area contributed by atoms with Gasteiger partial charge in [-0.15, -0.1) is 0 Å². The van der Waals surface area contributed by atoms with Gasteiger partial charge in [-0.1, -0.05) is 71.1 Å². The lowest BCUT2D eigenvalue weighted by Crippen LogP contribution is -2.36. The summed E-state index contributed by atoms with van der Waals surface area (Å²) in [6.07, 6.45) is 13.0. The van der Waals surface area contributed by atoms with E-state index in [-0.39, 0.29) is 24.1 Å². The number of aliphatic hydroxyl groups is 1. The molecule has 0 amide bonds. The summed E-state index contributed by atoms with van der Waals surface area (Å²) in [5.41, 5.74) is 0.0913. The number of nitrogens with one attached hydrogen (secondary N) is 1. The average Bonchev–Trinajstić information content (AvgIpc) is 3.26. The highest BCUT2D eigenvalue weighted by atomic mass is 16.6. The smallest absolute Gasteiger partial charge is 0.305 e. The van der Waals surface area contributed by atoms with Gasteiger partial charge in [0.05, 0.1) is 0 Å². The quantitative estimate of drug-likeness (QED) is 0.341. The lowest BCUT2D eigenvalue weighted by atomic mass is 10.1. The van der Waals surface area contributed by atoms with Gasteiger partial charge in [0.15, 0.2) is 17.8 Å². The van der Waals surface area contributed by atoms with Gasteiger partial charge < -0.3 is 19.3 Å². The van der Waals surface area contributed by atoms with Crippen LogP contribution in [-0.2, 0) is 14.3 Å². The number of esters is 1. The van der Waals surface area contributed by atoms with Crippen molar-refractivity contribution in [2.24, 2.45) is 0 Å². The van der Waals surface area contributed by atoms with Crippen LogP contribution in [0.3, 0.4) is 0 Å². The minimum absolute atomic E-state index is 0.00818. The molecule has 0 aromatic carbocycles. The van der Waals surface area contributed by atoms with Crippen molar-refractivity contribution in [3.05, 3.63) is 17.8 Å². The molecule has 0 bridgehead atoms. The minimum Gasteiger partial charge on any atom is -0.463 e. The number of hydrogen-bond donors (Lipinski definition) is 2. The highest BCUT2D eigenvalue weighted by Gasteiger charge is 2.51. The maximum absolute atomic E-state index is 12.0. The normalized spacial score (nSPS) is 23.9. The number of ether oxygens (including phenoxy) is 3. The van der Waals surface area contributed by atoms with Crippen molar-refractivity contribution in [1.29, 1.82) is 5.41 Å². The largest absolute Gasteiger partial charge is 0.463 e. The van der Waals surface area contributed by atoms with Crippen LogP contribution in [0.15, 0.2) is 12.3 Å². The molecule has 1 fully saturated rings. The first-order valence-electron chi connectivity index (χ1n) is 11.9. The third kappa shape index (κ3) is 6.77. The Bertz CT molecular complexity index is 753. The van der Waals surface area contributed by atoms with Gasteiger partial charge in [0.2, 0.25) is 0 Å². The molecule has 1 aromatic rings. The summed E-state index contributed by atoms with van der Waals surface area (Å²) in [6.45, 7) is 2.25. The van der Waals surface area contributed by atoms with Gasteiger partial charge in [-0.25, -0.2) is 0 Å². The van der Waals surface area contributed by atoms with E-state index in [4.69, 9.17) is 19.6 Å². The molecule has 174 valence electrons. The molecule has 1 aromatic heterocycles. The summed E-state index contributed by atoms with van der Waals surface area (Å²) >= 11 is 0. The van der Waals surface area contributed by atoms with Crippen molar-refractivity contribution >= 4 is 5.97 Å². The van der Waals surface area contributed by atoms with Crippen molar-refractivity contribution in [2.45, 2.75) is 109 Å². The number of nitrogens with zero attached hydrogens (tertiary/aromatic N) is 2. The second-order valence-corrected chi connectivity index (χ2v) is 8.61. The van der Waals surface area contributed by atoms with E-state index in [0.717, 1.165) is 19.3 Å². The SMILES string of the molecule is CCCCCCCCCCCCCC(=O)OC[C@H]1O[C@@H]2[C@@H](Oc3nc(=N)ccn32)[C@@H]1O. The molecule has 8 heteroatoms. The Morgan fingerprint density at radius 2 is 1.77 bits per heavy atom. The molecule has 1 saturated heterocycles. The molecule has 4 atom stereocenters. The van der Waals surface area contributed by atoms with Crippen LogP contribution in [0.2, 0.25) is 0 Å². The topological polar surface area (TPSA) is 107 Å². The monoisotopic (exact) mass is 435 g/mol. The van der Waals surface area contributed by atoms with Crippen LogP contribution in [0, 0.1) is 5.41 Å². The van der Waals surface area contributed by atoms with Gasteiger partial charge in [0.1, 0.15) is 18.8 Å². The molecule has 3 heterocycles. The van der Waals surface area contributed by atoms with Gasteiger partial charge in [0.25, 0.3) is 0 Å². The van der Waals surface area contributed by atoms with E-state index >= 15 is 0 Å². The lowest BCUT2D eigenvalue weighted by molar-refractivity contribution is -0.150. The number of carbonyl (C=O) groups excluding carboxylic acids is 1. The summed E-state index contributed by atoms with van der Waals surface area (Å²) in [7, 11) is 0. The van der Waals surface area contributed by atoms with Gasteiger partial charge in [0, 0.05) is 12.6 Å². The number of fused-ring (bicyclic) bond motifs is 3. The maximum atomic E-state index is 12.0. The molecular formula is C23H37N3O5. The minimum atomic E-state index is -0.921. The van der Waals surface area contributed by atoms with Crippen LogP contribution in [0.25, 0.3) is 0 Å². The number of carbonyl (C=O) groups is 1. The van der Waals surface area contributed by atoms with Crippen molar-refractivity contribution in [3.63, 3.8) is 0 Å². The highest BCUT2D eigenvalue weighted by molar-refractivity contribution is 5.69. The number of rotatable bonds is 14. The van der Waals surface area contributed by atoms with Gasteiger partial charge in [-0.2, -0.15) is 4.98 Å². The van der Waals surface area contributed by atoms with Crippen LogP contribution in [0.5, 0.6) is 6.01 Å². The standard InChI is InChI=1S/C23H37N3O5/c1-2-3-4-5-6-7-8-9-10-11-12-13-19(27)29-16-17-20(28)21-22(30-17)26-15-14-18(24)25-23(26)31-21/h14-15,17,20-22,24,28H,2-13,16H2,1H3/t17-,20-,21+,22-/m1/s1. The van der Waals surface area contributed by atoms with E-state index in [1.807, 2.05) is 0 Å². The number of hydrogen-bond acceptors (Lipinski definition) is 7. The fraction of sp³-hybridized carbons (Fsp3) is 0.783. The third-order valence-electron chi connectivity index (χ3n) is 6.05. The van der Waals surface area contributed by atoms with Gasteiger partial charge in [-0.3, -0.25) is 14.8 Å². The van der Waals surface area contributed by atoms with E-state index < -0.39 is 24.5 Å². The van der Waals surface area contributed by atoms with E-state index in [1.54, 1.807) is 10.8 Å². The summed E-state index contributed by atoms with van der Waals surface area (Å²) in [5, 5.41) is 18.0. The average molecular weight is 436 g/mol. The van der Waals surface area contributed by atoms with E-state index in [0.29, 0.717) is 6.42 Å². The Hall–Kier alpha value is -1.93. The third-order valence-corrected chi connectivity index (χ3v) is 6.05. The molecule has 0 saturated carbocycles. The van der Waals surface area contributed by atoms with Gasteiger partial charge >= 0.3 is 12.0 Å². The van der Waals surface area contributed by atoms with Crippen molar-refractivity contribution in [3.8, 4) is 6.01 Å². The maximum Gasteiger partial charge on any atom is 0.305 e. The molecule has 3 rings (SSSR count). The Labute approximate surface area is 184 Å². The Balaban J connectivity index is 1.23. The molecule has 0 unspecified atom stereocenters. The van der Waals surface area contributed by atoms with E-state index in [9.17, 15) is 9.90 Å². The van der Waals surface area contributed by atoms with Crippen molar-refractivity contribution in [1.82, 2.24) is 9.55 Å². The van der Waals surface area contributed by atoms with E-state index in [1.165, 1.54) is 57.4 Å². The second-order valence-electron chi connectivity index (χ2n) is 8.61. The predicted molar refractivity (Wildman–Crippen MR) is 114 cm³/mol. The molecule has 2 aliphatic rings. The molecule has 0 aliphatic carbocycles. The summed E-state index contributed by atoms with van der Waals surface area (Å²) in [4.78, 5) is 16.0. The fourth-order valence-electron chi connectivity index (χ4n) is 4.20. The van der Waals surface area contributed by atoms with Crippen LogP contribution >= 0.6 is 0 Å². The molecular weight excluding hydrogens is 398 g/mol. The molecule has 31 heavy (non-hydrogen) atoms. The first kappa shape index (κ1) is 23.7. The zero-order chi connectivity index (χ0) is 22.1. The van der Waals surface area contributed by atoms with Crippen molar-refractivity contribution < 1.29 is 24.1 Å².